The van der Waals surface area contributed by atoms with Crippen LogP contribution in [-0.4, -0.2) is 29.0 Å². The highest BCUT2D eigenvalue weighted by Gasteiger charge is 2.34. The van der Waals surface area contributed by atoms with Crippen molar-refractivity contribution in [1.82, 2.24) is 15.3 Å². The van der Waals surface area contributed by atoms with E-state index in [2.05, 4.69) is 15.3 Å². The van der Waals surface area contributed by atoms with Crippen LogP contribution in [0.4, 0.5) is 23.4 Å². The molecule has 0 aliphatic carbocycles. The second-order valence-electron chi connectivity index (χ2n) is 6.80. The predicted octanol–water partition coefficient (Wildman–Crippen LogP) is 3.73. The molecular formula is C19H20F4N4O. The number of aromatic nitrogens is 2. The van der Waals surface area contributed by atoms with Crippen LogP contribution in [-0.2, 0) is 11.0 Å². The molecule has 2 aromatic rings. The highest BCUT2D eigenvalue weighted by Crippen LogP contribution is 2.30. The lowest BCUT2D eigenvalue weighted by Gasteiger charge is -2.32. The van der Waals surface area contributed by atoms with E-state index in [4.69, 9.17) is 0 Å². The summed E-state index contributed by atoms with van der Waals surface area (Å²) in [5.74, 6) is -0.480. The van der Waals surface area contributed by atoms with Crippen molar-refractivity contribution in [2.45, 2.75) is 32.0 Å². The summed E-state index contributed by atoms with van der Waals surface area (Å²) in [7, 11) is 0. The Morgan fingerprint density at radius 3 is 2.43 bits per heavy atom. The van der Waals surface area contributed by atoms with E-state index in [-0.39, 0.29) is 29.5 Å². The molecule has 5 nitrogen and oxygen atoms in total. The van der Waals surface area contributed by atoms with Crippen molar-refractivity contribution >= 4 is 11.7 Å². The SMILES string of the molecule is C[C@H](NC(=O)C1CCN(c2cc(C(F)(F)F)ncn2)CC1)c1ccc(F)cc1. The van der Waals surface area contributed by atoms with Gasteiger partial charge < -0.3 is 10.2 Å². The summed E-state index contributed by atoms with van der Waals surface area (Å²) in [6, 6.07) is 6.59. The third-order valence-electron chi connectivity index (χ3n) is 4.86. The Kier molecular flexibility index (Phi) is 5.81. The van der Waals surface area contributed by atoms with Crippen LogP contribution in [0.5, 0.6) is 0 Å². The minimum Gasteiger partial charge on any atom is -0.356 e. The molecule has 1 aromatic heterocycles. The number of hydrogen-bond donors (Lipinski definition) is 1. The molecule has 1 aliphatic rings. The van der Waals surface area contributed by atoms with Crippen LogP contribution in [0.15, 0.2) is 36.7 Å². The van der Waals surface area contributed by atoms with E-state index in [1.54, 1.807) is 17.0 Å². The lowest BCUT2D eigenvalue weighted by Crippen LogP contribution is -2.41. The summed E-state index contributed by atoms with van der Waals surface area (Å²) < 4.78 is 51.4. The summed E-state index contributed by atoms with van der Waals surface area (Å²) in [5, 5.41) is 2.91. The highest BCUT2D eigenvalue weighted by atomic mass is 19.4. The number of hydrogen-bond acceptors (Lipinski definition) is 4. The fourth-order valence-corrected chi connectivity index (χ4v) is 3.21. The van der Waals surface area contributed by atoms with Crippen LogP contribution in [0.2, 0.25) is 0 Å². The number of nitrogens with one attached hydrogen (secondary N) is 1. The first-order valence-corrected chi connectivity index (χ1v) is 8.94. The number of benzene rings is 1. The Balaban J connectivity index is 1.56. The maximum absolute atomic E-state index is 13.0. The first-order chi connectivity index (χ1) is 13.2. The number of halogens is 4. The second kappa shape index (κ2) is 8.12. The van der Waals surface area contributed by atoms with Gasteiger partial charge in [-0.05, 0) is 37.5 Å². The number of carbonyl (C=O) groups excluding carboxylic acids is 1. The first-order valence-electron chi connectivity index (χ1n) is 8.94. The van der Waals surface area contributed by atoms with Gasteiger partial charge in [0.05, 0.1) is 6.04 Å². The Labute approximate surface area is 159 Å². The van der Waals surface area contributed by atoms with E-state index in [0.29, 0.717) is 25.9 Å². The van der Waals surface area contributed by atoms with Gasteiger partial charge in [-0.2, -0.15) is 13.2 Å². The van der Waals surface area contributed by atoms with E-state index < -0.39 is 11.9 Å². The minimum atomic E-state index is -4.52. The average molecular weight is 396 g/mol. The number of piperidine rings is 1. The van der Waals surface area contributed by atoms with Crippen molar-refractivity contribution in [3.05, 3.63) is 53.7 Å². The molecule has 3 rings (SSSR count). The molecule has 1 fully saturated rings. The van der Waals surface area contributed by atoms with Gasteiger partial charge in [-0.25, -0.2) is 14.4 Å². The summed E-state index contributed by atoms with van der Waals surface area (Å²) in [6.45, 7) is 2.68. The maximum atomic E-state index is 13.0. The fourth-order valence-electron chi connectivity index (χ4n) is 3.21. The van der Waals surface area contributed by atoms with Crippen molar-refractivity contribution in [2.75, 3.05) is 18.0 Å². The quantitative estimate of drug-likeness (QED) is 0.801. The zero-order valence-electron chi connectivity index (χ0n) is 15.2. The molecule has 0 radical (unpaired) electrons. The topological polar surface area (TPSA) is 58.1 Å². The third kappa shape index (κ3) is 4.76. The smallest absolute Gasteiger partial charge is 0.356 e. The van der Waals surface area contributed by atoms with Crippen molar-refractivity contribution < 1.29 is 22.4 Å². The molecule has 0 bridgehead atoms. The van der Waals surface area contributed by atoms with Gasteiger partial charge in [0.2, 0.25) is 5.91 Å². The van der Waals surface area contributed by atoms with Crippen LogP contribution in [0, 0.1) is 11.7 Å². The number of rotatable bonds is 4. The molecule has 2 heterocycles. The van der Waals surface area contributed by atoms with E-state index in [1.807, 2.05) is 6.92 Å². The number of carbonyl (C=O) groups is 1. The Morgan fingerprint density at radius 1 is 1.18 bits per heavy atom. The number of nitrogens with zero attached hydrogens (tertiary/aromatic N) is 3. The molecule has 1 aliphatic heterocycles. The van der Waals surface area contributed by atoms with E-state index in [9.17, 15) is 22.4 Å². The summed E-state index contributed by atoms with van der Waals surface area (Å²) in [5.41, 5.74) is -0.182. The monoisotopic (exact) mass is 396 g/mol. The van der Waals surface area contributed by atoms with E-state index in [0.717, 1.165) is 18.0 Å². The fraction of sp³-hybridized carbons (Fsp3) is 0.421. The second-order valence-corrected chi connectivity index (χ2v) is 6.80. The summed E-state index contributed by atoms with van der Waals surface area (Å²) in [6.07, 6.45) is -2.60. The van der Waals surface area contributed by atoms with Gasteiger partial charge in [0.1, 0.15) is 23.7 Å². The van der Waals surface area contributed by atoms with E-state index in [1.165, 1.54) is 12.1 Å². The zero-order chi connectivity index (χ0) is 20.3. The van der Waals surface area contributed by atoms with Crippen molar-refractivity contribution in [3.63, 3.8) is 0 Å². The minimum absolute atomic E-state index is 0.116. The molecule has 1 aromatic carbocycles. The van der Waals surface area contributed by atoms with Crippen molar-refractivity contribution in [3.8, 4) is 0 Å². The van der Waals surface area contributed by atoms with Crippen LogP contribution in [0.25, 0.3) is 0 Å². The molecule has 0 unspecified atom stereocenters. The largest absolute Gasteiger partial charge is 0.433 e. The number of amides is 1. The molecular weight excluding hydrogens is 376 g/mol. The first kappa shape index (κ1) is 20.0. The number of anilines is 1. The van der Waals surface area contributed by atoms with Gasteiger partial charge >= 0.3 is 6.18 Å². The molecule has 1 saturated heterocycles. The Bertz CT molecular complexity index is 817. The standard InChI is InChI=1S/C19H20F4N4O/c1-12(13-2-4-15(20)5-3-13)26-18(28)14-6-8-27(9-7-14)17-10-16(19(21,22)23)24-11-25-17/h2-5,10-12,14H,6-9H2,1H3,(H,26,28)/t12-/m0/s1. The van der Waals surface area contributed by atoms with Crippen molar-refractivity contribution in [2.24, 2.45) is 5.92 Å². The van der Waals surface area contributed by atoms with Gasteiger partial charge in [0.15, 0.2) is 0 Å². The van der Waals surface area contributed by atoms with Crippen molar-refractivity contribution in [1.29, 1.82) is 0 Å². The Morgan fingerprint density at radius 2 is 1.82 bits per heavy atom. The highest BCUT2D eigenvalue weighted by molar-refractivity contribution is 5.79. The lowest BCUT2D eigenvalue weighted by molar-refractivity contribution is -0.141. The third-order valence-corrected chi connectivity index (χ3v) is 4.86. The molecule has 1 amide bonds. The molecule has 28 heavy (non-hydrogen) atoms. The van der Waals surface area contributed by atoms with Gasteiger partial charge in [0.25, 0.3) is 0 Å². The number of alkyl halides is 3. The normalized spacial score (nSPS) is 16.7. The average Bonchev–Trinajstić information content (AvgIpc) is 2.68. The van der Waals surface area contributed by atoms with Gasteiger partial charge in [-0.15, -0.1) is 0 Å². The lowest BCUT2D eigenvalue weighted by atomic mass is 9.95. The molecule has 0 spiro atoms. The molecule has 9 heteroatoms. The zero-order valence-corrected chi connectivity index (χ0v) is 15.2. The van der Waals surface area contributed by atoms with Crippen LogP contribution < -0.4 is 10.2 Å². The van der Waals surface area contributed by atoms with Crippen LogP contribution >= 0.6 is 0 Å². The maximum Gasteiger partial charge on any atom is 0.433 e. The summed E-state index contributed by atoms with van der Waals surface area (Å²) >= 11 is 0. The van der Waals surface area contributed by atoms with Crippen LogP contribution in [0.1, 0.15) is 37.1 Å². The molecule has 150 valence electrons. The van der Waals surface area contributed by atoms with Gasteiger partial charge in [-0.3, -0.25) is 4.79 Å². The van der Waals surface area contributed by atoms with Gasteiger partial charge in [-0.1, -0.05) is 12.1 Å². The molecule has 1 atom stereocenters. The van der Waals surface area contributed by atoms with Gasteiger partial charge in [0, 0.05) is 25.1 Å². The summed E-state index contributed by atoms with van der Waals surface area (Å²) in [4.78, 5) is 21.4. The van der Waals surface area contributed by atoms with E-state index >= 15 is 0 Å². The molecule has 0 saturated carbocycles. The molecule has 1 N–H and O–H groups in total. The Hall–Kier alpha value is -2.71. The predicted molar refractivity (Wildman–Crippen MR) is 94.9 cm³/mol. The van der Waals surface area contributed by atoms with Crippen LogP contribution in [0.3, 0.4) is 0 Å².